The zero-order valence-electron chi connectivity index (χ0n) is 10.8. The maximum absolute atomic E-state index is 3.50. The van der Waals surface area contributed by atoms with Gasteiger partial charge >= 0.3 is 0 Å². The summed E-state index contributed by atoms with van der Waals surface area (Å²) in [6.07, 6.45) is 0. The Morgan fingerprint density at radius 2 is 1.88 bits per heavy atom. The van der Waals surface area contributed by atoms with Crippen molar-refractivity contribution >= 4 is 5.69 Å². The third-order valence-corrected chi connectivity index (χ3v) is 4.29. The molecular formula is C15H22N2. The first-order valence-electron chi connectivity index (χ1n) is 6.79. The standard InChI is InChI=1S/C15H22N2/c1-11(2)12-4-3-5-15(6-12)17-9-13-7-16-8-14(13)10-17/h3-6,11,13-14,16H,7-10H2,1-2H3. The van der Waals surface area contributed by atoms with E-state index >= 15 is 0 Å². The average molecular weight is 230 g/mol. The van der Waals surface area contributed by atoms with Crippen LogP contribution in [0, 0.1) is 11.8 Å². The molecule has 0 spiro atoms. The van der Waals surface area contributed by atoms with Crippen molar-refractivity contribution in [1.82, 2.24) is 5.32 Å². The largest absolute Gasteiger partial charge is 0.371 e. The molecule has 2 heterocycles. The Bertz CT molecular complexity index is 388. The molecule has 0 bridgehead atoms. The first-order valence-corrected chi connectivity index (χ1v) is 6.79. The van der Waals surface area contributed by atoms with Gasteiger partial charge in [0.2, 0.25) is 0 Å². The molecule has 2 saturated heterocycles. The number of benzene rings is 1. The fourth-order valence-electron chi connectivity index (χ4n) is 3.15. The second-order valence-corrected chi connectivity index (χ2v) is 5.83. The lowest BCUT2D eigenvalue weighted by molar-refractivity contribution is 0.533. The summed E-state index contributed by atoms with van der Waals surface area (Å²) in [5, 5.41) is 3.50. The second kappa shape index (κ2) is 4.34. The first-order chi connectivity index (χ1) is 8.24. The summed E-state index contributed by atoms with van der Waals surface area (Å²) in [7, 11) is 0. The molecule has 0 radical (unpaired) electrons. The van der Waals surface area contributed by atoms with Crippen molar-refractivity contribution in [2.75, 3.05) is 31.1 Å². The van der Waals surface area contributed by atoms with Crippen LogP contribution in [0.4, 0.5) is 5.69 Å². The summed E-state index contributed by atoms with van der Waals surface area (Å²) in [6, 6.07) is 9.09. The molecule has 1 aromatic carbocycles. The number of nitrogens with zero attached hydrogens (tertiary/aromatic N) is 1. The van der Waals surface area contributed by atoms with Crippen LogP contribution in [0.25, 0.3) is 0 Å². The van der Waals surface area contributed by atoms with Gasteiger partial charge in [0.25, 0.3) is 0 Å². The molecule has 2 atom stereocenters. The van der Waals surface area contributed by atoms with Gasteiger partial charge in [-0.25, -0.2) is 0 Å². The minimum atomic E-state index is 0.624. The Morgan fingerprint density at radius 1 is 1.18 bits per heavy atom. The van der Waals surface area contributed by atoms with Crippen LogP contribution in [0.1, 0.15) is 25.3 Å². The van der Waals surface area contributed by atoms with Crippen LogP contribution < -0.4 is 10.2 Å². The molecule has 17 heavy (non-hydrogen) atoms. The van der Waals surface area contributed by atoms with Gasteiger partial charge in [-0.05, 0) is 35.4 Å². The van der Waals surface area contributed by atoms with Crippen LogP contribution in [-0.2, 0) is 0 Å². The normalized spacial score (nSPS) is 27.8. The molecule has 2 nitrogen and oxygen atoms in total. The fourth-order valence-corrected chi connectivity index (χ4v) is 3.15. The maximum atomic E-state index is 3.50. The number of hydrogen-bond donors (Lipinski definition) is 1. The lowest BCUT2D eigenvalue weighted by Gasteiger charge is -2.21. The van der Waals surface area contributed by atoms with Gasteiger partial charge in [0.1, 0.15) is 0 Å². The number of nitrogens with one attached hydrogen (secondary N) is 1. The summed E-state index contributed by atoms with van der Waals surface area (Å²) in [6.45, 7) is 9.43. The van der Waals surface area contributed by atoms with Crippen LogP contribution in [-0.4, -0.2) is 26.2 Å². The van der Waals surface area contributed by atoms with Crippen molar-refractivity contribution < 1.29 is 0 Å². The van der Waals surface area contributed by atoms with E-state index in [1.807, 2.05) is 0 Å². The van der Waals surface area contributed by atoms with Crippen LogP contribution in [0.2, 0.25) is 0 Å². The molecule has 2 aliphatic rings. The van der Waals surface area contributed by atoms with E-state index in [4.69, 9.17) is 0 Å². The van der Waals surface area contributed by atoms with Gasteiger partial charge < -0.3 is 10.2 Å². The highest BCUT2D eigenvalue weighted by Crippen LogP contribution is 2.31. The van der Waals surface area contributed by atoms with Crippen LogP contribution in [0.3, 0.4) is 0 Å². The molecule has 3 rings (SSSR count). The Hall–Kier alpha value is -1.02. The van der Waals surface area contributed by atoms with Gasteiger partial charge in [-0.15, -0.1) is 0 Å². The monoisotopic (exact) mass is 230 g/mol. The fraction of sp³-hybridized carbons (Fsp3) is 0.600. The maximum Gasteiger partial charge on any atom is 0.0369 e. The molecule has 1 N–H and O–H groups in total. The van der Waals surface area contributed by atoms with E-state index in [2.05, 4.69) is 48.3 Å². The molecule has 0 amide bonds. The number of hydrogen-bond acceptors (Lipinski definition) is 2. The molecule has 0 saturated carbocycles. The smallest absolute Gasteiger partial charge is 0.0369 e. The molecule has 0 aromatic heterocycles. The molecule has 92 valence electrons. The van der Waals surface area contributed by atoms with Crippen molar-refractivity contribution in [2.24, 2.45) is 11.8 Å². The number of rotatable bonds is 2. The van der Waals surface area contributed by atoms with E-state index in [0.717, 1.165) is 11.8 Å². The third kappa shape index (κ3) is 2.06. The van der Waals surface area contributed by atoms with E-state index < -0.39 is 0 Å². The quantitative estimate of drug-likeness (QED) is 0.839. The molecule has 0 aliphatic carbocycles. The Balaban J connectivity index is 1.78. The highest BCUT2D eigenvalue weighted by molar-refractivity contribution is 5.50. The van der Waals surface area contributed by atoms with Crippen molar-refractivity contribution in [3.8, 4) is 0 Å². The lowest BCUT2D eigenvalue weighted by Crippen LogP contribution is -2.25. The minimum Gasteiger partial charge on any atom is -0.371 e. The Labute approximate surface area is 104 Å². The molecular weight excluding hydrogens is 208 g/mol. The summed E-state index contributed by atoms with van der Waals surface area (Å²) in [5.74, 6) is 2.37. The second-order valence-electron chi connectivity index (χ2n) is 5.83. The van der Waals surface area contributed by atoms with Gasteiger partial charge in [-0.1, -0.05) is 26.0 Å². The van der Waals surface area contributed by atoms with Gasteiger partial charge in [0.05, 0.1) is 0 Å². The van der Waals surface area contributed by atoms with E-state index in [1.54, 1.807) is 0 Å². The van der Waals surface area contributed by atoms with Crippen LogP contribution >= 0.6 is 0 Å². The lowest BCUT2D eigenvalue weighted by atomic mass is 10.0. The van der Waals surface area contributed by atoms with Gasteiger partial charge in [-0.3, -0.25) is 0 Å². The van der Waals surface area contributed by atoms with Crippen LogP contribution in [0.5, 0.6) is 0 Å². The molecule has 2 unspecified atom stereocenters. The van der Waals surface area contributed by atoms with E-state index in [1.165, 1.54) is 37.4 Å². The van der Waals surface area contributed by atoms with Gasteiger partial charge in [0.15, 0.2) is 0 Å². The number of anilines is 1. The highest BCUT2D eigenvalue weighted by atomic mass is 15.2. The SMILES string of the molecule is CC(C)c1cccc(N2CC3CNCC3C2)c1. The summed E-state index contributed by atoms with van der Waals surface area (Å²) >= 11 is 0. The molecule has 2 aliphatic heterocycles. The summed E-state index contributed by atoms with van der Waals surface area (Å²) in [4.78, 5) is 2.57. The van der Waals surface area contributed by atoms with E-state index in [9.17, 15) is 0 Å². The zero-order valence-corrected chi connectivity index (χ0v) is 10.8. The van der Waals surface area contributed by atoms with Crippen molar-refractivity contribution in [1.29, 1.82) is 0 Å². The third-order valence-electron chi connectivity index (χ3n) is 4.29. The van der Waals surface area contributed by atoms with Gasteiger partial charge in [0, 0.05) is 31.9 Å². The summed E-state index contributed by atoms with van der Waals surface area (Å²) < 4.78 is 0. The first kappa shape index (κ1) is 11.1. The molecule has 1 aromatic rings. The predicted octanol–water partition coefficient (Wildman–Crippen LogP) is 2.47. The average Bonchev–Trinajstić information content (AvgIpc) is 2.89. The Kier molecular flexibility index (Phi) is 2.83. The zero-order chi connectivity index (χ0) is 11.8. The van der Waals surface area contributed by atoms with Crippen molar-refractivity contribution in [3.63, 3.8) is 0 Å². The highest BCUT2D eigenvalue weighted by Gasteiger charge is 2.36. The topological polar surface area (TPSA) is 15.3 Å². The van der Waals surface area contributed by atoms with Crippen molar-refractivity contribution in [2.45, 2.75) is 19.8 Å². The Morgan fingerprint density at radius 3 is 2.53 bits per heavy atom. The summed E-state index contributed by atoms with van der Waals surface area (Å²) in [5.41, 5.74) is 2.88. The predicted molar refractivity (Wildman–Crippen MR) is 72.6 cm³/mol. The number of fused-ring (bicyclic) bond motifs is 1. The minimum absolute atomic E-state index is 0.624. The van der Waals surface area contributed by atoms with E-state index in [-0.39, 0.29) is 0 Å². The van der Waals surface area contributed by atoms with E-state index in [0.29, 0.717) is 5.92 Å². The van der Waals surface area contributed by atoms with Crippen molar-refractivity contribution in [3.05, 3.63) is 29.8 Å². The molecule has 2 fully saturated rings. The van der Waals surface area contributed by atoms with Gasteiger partial charge in [-0.2, -0.15) is 0 Å². The molecule has 2 heteroatoms. The van der Waals surface area contributed by atoms with Crippen LogP contribution in [0.15, 0.2) is 24.3 Å².